The van der Waals surface area contributed by atoms with Crippen molar-refractivity contribution in [3.8, 4) is 5.75 Å². The Bertz CT molecular complexity index is 1090. The maximum absolute atomic E-state index is 13.1. The van der Waals surface area contributed by atoms with E-state index in [1.807, 2.05) is 0 Å². The Labute approximate surface area is 197 Å². The van der Waals surface area contributed by atoms with Crippen LogP contribution in [0.2, 0.25) is 5.02 Å². The fraction of sp³-hybridized carbons (Fsp3) is 0.409. The summed E-state index contributed by atoms with van der Waals surface area (Å²) in [6.45, 7) is 3.39. The number of piperazine rings is 1. The van der Waals surface area contributed by atoms with Crippen molar-refractivity contribution in [2.45, 2.75) is 4.90 Å². The summed E-state index contributed by atoms with van der Waals surface area (Å²) in [6.07, 6.45) is 0. The molecule has 2 aliphatic heterocycles. The van der Waals surface area contributed by atoms with Crippen LogP contribution in [-0.2, 0) is 19.6 Å². The summed E-state index contributed by atoms with van der Waals surface area (Å²) in [6, 6.07) is 10.5. The lowest BCUT2D eigenvalue weighted by Crippen LogP contribution is -2.50. The number of carbonyl (C=O) groups excluding carboxylic acids is 1. The van der Waals surface area contributed by atoms with Crippen molar-refractivity contribution in [1.82, 2.24) is 9.21 Å². The van der Waals surface area contributed by atoms with E-state index < -0.39 is 10.0 Å². The standard InChI is InChI=1S/C22H25ClFN3O5S/c23-20-15-19(33(29,30)27-11-13-31-14-12-27)5-6-21(20)32-16-22(28)26-9-7-25(8-10-26)18-3-1-17(24)2-4-18/h1-6,15H,7-14,16H2. The molecule has 2 heterocycles. The molecule has 0 radical (unpaired) electrons. The Hall–Kier alpha value is -2.40. The fourth-order valence-corrected chi connectivity index (χ4v) is 5.53. The number of amides is 1. The molecule has 0 N–H and O–H groups in total. The minimum absolute atomic E-state index is 0.0741. The summed E-state index contributed by atoms with van der Waals surface area (Å²) in [5.41, 5.74) is 0.915. The first-order chi connectivity index (χ1) is 15.8. The number of benzene rings is 2. The Balaban J connectivity index is 1.31. The molecule has 0 aromatic heterocycles. The molecule has 4 rings (SSSR count). The molecule has 2 aromatic rings. The molecule has 2 aliphatic rings. The van der Waals surface area contributed by atoms with Crippen molar-refractivity contribution in [2.24, 2.45) is 0 Å². The summed E-state index contributed by atoms with van der Waals surface area (Å²) in [7, 11) is -3.67. The summed E-state index contributed by atoms with van der Waals surface area (Å²) in [4.78, 5) is 16.4. The van der Waals surface area contributed by atoms with E-state index in [-0.39, 0.29) is 34.0 Å². The van der Waals surface area contributed by atoms with Crippen LogP contribution in [0.1, 0.15) is 0 Å². The molecule has 178 valence electrons. The normalized spacial score (nSPS) is 17.8. The van der Waals surface area contributed by atoms with Gasteiger partial charge in [0.2, 0.25) is 10.0 Å². The SMILES string of the molecule is O=C(COc1ccc(S(=O)(=O)N2CCOCC2)cc1Cl)N1CCN(c2ccc(F)cc2)CC1. The van der Waals surface area contributed by atoms with Crippen molar-refractivity contribution in [3.63, 3.8) is 0 Å². The first kappa shape index (κ1) is 23.7. The van der Waals surface area contributed by atoms with Crippen molar-refractivity contribution < 1.29 is 27.1 Å². The zero-order valence-corrected chi connectivity index (χ0v) is 19.5. The van der Waals surface area contributed by atoms with Crippen LogP contribution >= 0.6 is 11.6 Å². The molecule has 2 aromatic carbocycles. The second kappa shape index (κ2) is 10.3. The molecule has 8 nitrogen and oxygen atoms in total. The van der Waals surface area contributed by atoms with Crippen LogP contribution in [0.3, 0.4) is 0 Å². The third-order valence-corrected chi connectivity index (χ3v) is 7.88. The van der Waals surface area contributed by atoms with E-state index in [0.29, 0.717) is 52.5 Å². The van der Waals surface area contributed by atoms with Gasteiger partial charge >= 0.3 is 0 Å². The summed E-state index contributed by atoms with van der Waals surface area (Å²) >= 11 is 6.25. The third kappa shape index (κ3) is 5.57. The number of morpholine rings is 1. The fourth-order valence-electron chi connectivity index (χ4n) is 3.79. The average molecular weight is 498 g/mol. The van der Waals surface area contributed by atoms with Gasteiger partial charge in [0.1, 0.15) is 11.6 Å². The van der Waals surface area contributed by atoms with Gasteiger partial charge in [0.15, 0.2) is 6.61 Å². The molecule has 0 unspecified atom stereocenters. The van der Waals surface area contributed by atoms with Crippen LogP contribution in [0.25, 0.3) is 0 Å². The van der Waals surface area contributed by atoms with Crippen molar-refractivity contribution >= 4 is 33.2 Å². The van der Waals surface area contributed by atoms with Crippen molar-refractivity contribution in [3.05, 3.63) is 53.3 Å². The van der Waals surface area contributed by atoms with E-state index in [4.69, 9.17) is 21.1 Å². The molecule has 11 heteroatoms. The van der Waals surface area contributed by atoms with Gasteiger partial charge in [-0.1, -0.05) is 11.6 Å². The Morgan fingerprint density at radius 1 is 1.00 bits per heavy atom. The van der Waals surface area contributed by atoms with Crippen LogP contribution in [0, 0.1) is 5.82 Å². The van der Waals surface area contributed by atoms with Crippen molar-refractivity contribution in [1.29, 1.82) is 0 Å². The van der Waals surface area contributed by atoms with E-state index in [0.717, 1.165) is 5.69 Å². The minimum atomic E-state index is -3.67. The number of anilines is 1. The Morgan fingerprint density at radius 3 is 2.30 bits per heavy atom. The number of rotatable bonds is 6. The highest BCUT2D eigenvalue weighted by molar-refractivity contribution is 7.89. The van der Waals surface area contributed by atoms with Gasteiger partial charge in [-0.2, -0.15) is 4.31 Å². The predicted molar refractivity (Wildman–Crippen MR) is 122 cm³/mol. The van der Waals surface area contributed by atoms with Gasteiger partial charge in [-0.15, -0.1) is 0 Å². The molecule has 0 spiro atoms. The summed E-state index contributed by atoms with van der Waals surface area (Å²) in [5.74, 6) is -0.221. The van der Waals surface area contributed by atoms with Crippen molar-refractivity contribution in [2.75, 3.05) is 64.0 Å². The van der Waals surface area contributed by atoms with Crippen LogP contribution in [0.15, 0.2) is 47.4 Å². The number of nitrogens with zero attached hydrogens (tertiary/aromatic N) is 3. The minimum Gasteiger partial charge on any atom is -0.482 e. The highest BCUT2D eigenvalue weighted by Gasteiger charge is 2.27. The highest BCUT2D eigenvalue weighted by atomic mass is 35.5. The van der Waals surface area contributed by atoms with E-state index in [2.05, 4.69) is 4.90 Å². The number of sulfonamides is 1. The van der Waals surface area contributed by atoms with Gasteiger partial charge in [0.25, 0.3) is 5.91 Å². The zero-order valence-electron chi connectivity index (χ0n) is 18.0. The Kier molecular flexibility index (Phi) is 7.38. The molecule has 0 aliphatic carbocycles. The molecular weight excluding hydrogens is 473 g/mol. The topological polar surface area (TPSA) is 79.4 Å². The Morgan fingerprint density at radius 2 is 1.67 bits per heavy atom. The average Bonchev–Trinajstić information content (AvgIpc) is 2.84. The van der Waals surface area contributed by atoms with Gasteiger partial charge in [-0.25, -0.2) is 12.8 Å². The van der Waals surface area contributed by atoms with Gasteiger partial charge in [-0.05, 0) is 42.5 Å². The number of carbonyl (C=O) groups is 1. The second-order valence-corrected chi connectivity index (χ2v) is 10.1. The van der Waals surface area contributed by atoms with E-state index >= 15 is 0 Å². The maximum atomic E-state index is 13.1. The van der Waals surface area contributed by atoms with Crippen LogP contribution in [0.4, 0.5) is 10.1 Å². The second-order valence-electron chi connectivity index (χ2n) is 7.74. The van der Waals surface area contributed by atoms with Crippen LogP contribution in [-0.4, -0.2) is 82.6 Å². The number of halogens is 2. The zero-order chi connectivity index (χ0) is 23.4. The molecule has 0 saturated carbocycles. The monoisotopic (exact) mass is 497 g/mol. The van der Waals surface area contributed by atoms with Crippen LogP contribution in [0.5, 0.6) is 5.75 Å². The summed E-state index contributed by atoms with van der Waals surface area (Å²) in [5, 5.41) is 0.123. The number of ether oxygens (including phenoxy) is 2. The molecule has 1 amide bonds. The molecule has 33 heavy (non-hydrogen) atoms. The molecule has 2 fully saturated rings. The lowest BCUT2D eigenvalue weighted by Gasteiger charge is -2.36. The van der Waals surface area contributed by atoms with Crippen LogP contribution < -0.4 is 9.64 Å². The predicted octanol–water partition coefficient (Wildman–Crippen LogP) is 2.23. The third-order valence-electron chi connectivity index (χ3n) is 5.69. The largest absolute Gasteiger partial charge is 0.482 e. The molecule has 0 bridgehead atoms. The van der Waals surface area contributed by atoms with E-state index in [9.17, 15) is 17.6 Å². The van der Waals surface area contributed by atoms with Gasteiger partial charge < -0.3 is 19.3 Å². The molecular formula is C22H25ClFN3O5S. The smallest absolute Gasteiger partial charge is 0.260 e. The molecule has 0 atom stereocenters. The lowest BCUT2D eigenvalue weighted by atomic mass is 10.2. The van der Waals surface area contributed by atoms with Gasteiger partial charge in [-0.3, -0.25) is 4.79 Å². The van der Waals surface area contributed by atoms with Gasteiger partial charge in [0, 0.05) is 45.0 Å². The first-order valence-corrected chi connectivity index (χ1v) is 12.4. The van der Waals surface area contributed by atoms with Gasteiger partial charge in [0.05, 0.1) is 23.1 Å². The number of hydrogen-bond donors (Lipinski definition) is 0. The van der Waals surface area contributed by atoms with E-state index in [1.165, 1.54) is 34.6 Å². The summed E-state index contributed by atoms with van der Waals surface area (Å²) < 4.78 is 50.8. The molecule has 2 saturated heterocycles. The first-order valence-electron chi connectivity index (χ1n) is 10.6. The number of hydrogen-bond acceptors (Lipinski definition) is 6. The lowest BCUT2D eigenvalue weighted by molar-refractivity contribution is -0.133. The maximum Gasteiger partial charge on any atom is 0.260 e. The quantitative estimate of drug-likeness (QED) is 0.609. The van der Waals surface area contributed by atoms with E-state index in [1.54, 1.807) is 17.0 Å². The highest BCUT2D eigenvalue weighted by Crippen LogP contribution is 2.29.